The maximum absolute atomic E-state index is 12.3. The van der Waals surface area contributed by atoms with E-state index in [4.69, 9.17) is 4.74 Å². The average molecular weight is 372 g/mol. The van der Waals surface area contributed by atoms with Crippen LogP contribution in [0.2, 0.25) is 0 Å². The Morgan fingerprint density at radius 1 is 1.32 bits per heavy atom. The van der Waals surface area contributed by atoms with Crippen LogP contribution in [0.25, 0.3) is 0 Å². The second-order valence-electron chi connectivity index (χ2n) is 5.59. The van der Waals surface area contributed by atoms with Crippen LogP contribution in [0, 0.1) is 5.92 Å². The molecule has 3 N–H and O–H groups in total. The summed E-state index contributed by atoms with van der Waals surface area (Å²) in [5, 5.41) is 11.7. The van der Waals surface area contributed by atoms with E-state index in [-0.39, 0.29) is 29.5 Å². The minimum Gasteiger partial charge on any atom is -0.480 e. The van der Waals surface area contributed by atoms with Crippen LogP contribution < -0.4 is 10.0 Å². The number of carbonyl (C=O) groups is 2. The van der Waals surface area contributed by atoms with Crippen LogP contribution >= 0.6 is 0 Å². The van der Waals surface area contributed by atoms with Gasteiger partial charge in [-0.2, -0.15) is 0 Å². The first kappa shape index (κ1) is 21.1. The Balaban J connectivity index is 2.96. The number of carboxylic acids is 1. The Kier molecular flexibility index (Phi) is 8.01. The Bertz CT molecular complexity index is 704. The Morgan fingerprint density at radius 3 is 2.56 bits per heavy atom. The van der Waals surface area contributed by atoms with Gasteiger partial charge in [0.1, 0.15) is 6.04 Å². The molecule has 0 heterocycles. The molecule has 25 heavy (non-hydrogen) atoms. The van der Waals surface area contributed by atoms with Crippen molar-refractivity contribution in [3.05, 3.63) is 29.8 Å². The summed E-state index contributed by atoms with van der Waals surface area (Å²) in [5.74, 6) is -2.03. The summed E-state index contributed by atoms with van der Waals surface area (Å²) in [7, 11) is -2.33. The number of nitrogens with one attached hydrogen (secondary N) is 2. The quantitative estimate of drug-likeness (QED) is 0.523. The minimum atomic E-state index is -3.78. The summed E-state index contributed by atoms with van der Waals surface area (Å²) in [6.07, 6.45) is 0.578. The number of carbonyl (C=O) groups excluding carboxylic acids is 1. The van der Waals surface area contributed by atoms with Crippen LogP contribution in [0.15, 0.2) is 29.2 Å². The van der Waals surface area contributed by atoms with Crippen molar-refractivity contribution in [2.45, 2.75) is 31.2 Å². The van der Waals surface area contributed by atoms with Crippen molar-refractivity contribution in [2.75, 3.05) is 20.3 Å². The fourth-order valence-corrected chi connectivity index (χ4v) is 3.13. The average Bonchev–Trinajstić information content (AvgIpc) is 2.58. The molecule has 1 aromatic rings. The van der Waals surface area contributed by atoms with Gasteiger partial charge in [0, 0.05) is 19.2 Å². The number of aliphatic carboxylic acids is 1. The summed E-state index contributed by atoms with van der Waals surface area (Å²) in [5.41, 5.74) is 0.0733. The van der Waals surface area contributed by atoms with Crippen molar-refractivity contribution < 1.29 is 27.9 Å². The lowest BCUT2D eigenvalue weighted by Gasteiger charge is -2.20. The number of hydrogen-bond acceptors (Lipinski definition) is 5. The molecule has 0 radical (unpaired) electrons. The number of hydrogen-bond donors (Lipinski definition) is 3. The molecule has 1 rings (SSSR count). The Hall–Kier alpha value is -1.97. The Labute approximate surface area is 147 Å². The number of carboxylic acid groups (broad SMARTS) is 1. The third kappa shape index (κ3) is 6.11. The molecule has 0 aliphatic heterocycles. The highest BCUT2D eigenvalue weighted by Gasteiger charge is 2.26. The van der Waals surface area contributed by atoms with Gasteiger partial charge in [-0.05, 0) is 24.1 Å². The summed E-state index contributed by atoms with van der Waals surface area (Å²) >= 11 is 0. The standard InChI is InChI=1S/C16H24N2O6S/c1-4-11(2)14(16(20)21)18-15(19)12-6-5-7-13(10-12)25(22,23)17-8-9-24-3/h5-7,10-11,14,17H,4,8-9H2,1-3H3,(H,18,19)(H,20,21). The predicted molar refractivity (Wildman–Crippen MR) is 91.9 cm³/mol. The van der Waals surface area contributed by atoms with E-state index in [9.17, 15) is 23.1 Å². The van der Waals surface area contributed by atoms with Crippen molar-refractivity contribution >= 4 is 21.9 Å². The third-order valence-corrected chi connectivity index (χ3v) is 5.23. The molecule has 8 nitrogen and oxygen atoms in total. The van der Waals surface area contributed by atoms with E-state index in [0.717, 1.165) is 0 Å². The van der Waals surface area contributed by atoms with Crippen LogP contribution in [0.4, 0.5) is 0 Å². The predicted octanol–water partition coefficient (Wildman–Crippen LogP) is 0.840. The highest BCUT2D eigenvalue weighted by molar-refractivity contribution is 7.89. The lowest BCUT2D eigenvalue weighted by atomic mass is 9.99. The van der Waals surface area contributed by atoms with Crippen LogP contribution in [0.3, 0.4) is 0 Å². The van der Waals surface area contributed by atoms with Crippen molar-refractivity contribution in [1.29, 1.82) is 0 Å². The lowest BCUT2D eigenvalue weighted by molar-refractivity contribution is -0.140. The van der Waals surface area contributed by atoms with E-state index in [1.807, 2.05) is 6.92 Å². The van der Waals surface area contributed by atoms with Crippen LogP contribution in [0.1, 0.15) is 30.6 Å². The van der Waals surface area contributed by atoms with Gasteiger partial charge in [0.25, 0.3) is 5.91 Å². The van der Waals surface area contributed by atoms with Crippen molar-refractivity contribution in [3.63, 3.8) is 0 Å². The maximum atomic E-state index is 12.3. The molecule has 140 valence electrons. The molecule has 0 fully saturated rings. The van der Waals surface area contributed by atoms with Gasteiger partial charge < -0.3 is 15.2 Å². The fourth-order valence-electron chi connectivity index (χ4n) is 2.07. The second kappa shape index (κ2) is 9.50. The first-order chi connectivity index (χ1) is 11.7. The van der Waals surface area contributed by atoms with Crippen LogP contribution in [-0.4, -0.2) is 51.7 Å². The molecule has 1 aromatic carbocycles. The zero-order valence-electron chi connectivity index (χ0n) is 14.5. The monoisotopic (exact) mass is 372 g/mol. The Morgan fingerprint density at radius 2 is 2.00 bits per heavy atom. The molecule has 0 saturated carbocycles. The molecule has 0 aliphatic rings. The smallest absolute Gasteiger partial charge is 0.326 e. The van der Waals surface area contributed by atoms with Gasteiger partial charge in [0.2, 0.25) is 10.0 Å². The number of ether oxygens (including phenoxy) is 1. The van der Waals surface area contributed by atoms with E-state index >= 15 is 0 Å². The van der Waals surface area contributed by atoms with Crippen LogP contribution in [0.5, 0.6) is 0 Å². The van der Waals surface area contributed by atoms with Gasteiger partial charge in [-0.3, -0.25) is 4.79 Å². The van der Waals surface area contributed by atoms with Crippen molar-refractivity contribution in [3.8, 4) is 0 Å². The first-order valence-electron chi connectivity index (χ1n) is 7.85. The van der Waals surface area contributed by atoms with E-state index in [0.29, 0.717) is 6.42 Å². The minimum absolute atomic E-state index is 0.0733. The molecular weight excluding hydrogens is 348 g/mol. The summed E-state index contributed by atoms with van der Waals surface area (Å²) in [6, 6.07) is 4.38. The molecule has 9 heteroatoms. The highest BCUT2D eigenvalue weighted by Crippen LogP contribution is 2.13. The molecule has 1 amide bonds. The fraction of sp³-hybridized carbons (Fsp3) is 0.500. The number of benzene rings is 1. The van der Waals surface area contributed by atoms with Gasteiger partial charge in [-0.1, -0.05) is 26.3 Å². The van der Waals surface area contributed by atoms with Gasteiger partial charge >= 0.3 is 5.97 Å². The molecule has 0 bridgehead atoms. The molecule has 2 atom stereocenters. The van der Waals surface area contributed by atoms with E-state index < -0.39 is 27.9 Å². The SMILES string of the molecule is CCC(C)C(NC(=O)c1cccc(S(=O)(=O)NCCOC)c1)C(=O)O. The molecule has 0 saturated heterocycles. The number of sulfonamides is 1. The highest BCUT2D eigenvalue weighted by atomic mass is 32.2. The summed E-state index contributed by atoms with van der Waals surface area (Å²) in [4.78, 5) is 23.5. The van der Waals surface area contributed by atoms with Gasteiger partial charge in [-0.15, -0.1) is 0 Å². The largest absolute Gasteiger partial charge is 0.480 e. The number of amides is 1. The van der Waals surface area contributed by atoms with E-state index in [1.165, 1.54) is 31.4 Å². The van der Waals surface area contributed by atoms with Gasteiger partial charge in [-0.25, -0.2) is 17.9 Å². The van der Waals surface area contributed by atoms with Gasteiger partial charge in [0.05, 0.1) is 11.5 Å². The second-order valence-corrected chi connectivity index (χ2v) is 7.36. The summed E-state index contributed by atoms with van der Waals surface area (Å²) in [6.45, 7) is 3.87. The van der Waals surface area contributed by atoms with Crippen LogP contribution in [-0.2, 0) is 19.6 Å². The third-order valence-electron chi connectivity index (χ3n) is 3.77. The van der Waals surface area contributed by atoms with Crippen molar-refractivity contribution in [2.24, 2.45) is 5.92 Å². The topological polar surface area (TPSA) is 122 Å². The molecular formula is C16H24N2O6S. The molecule has 0 spiro atoms. The molecule has 0 aromatic heterocycles. The number of rotatable bonds is 10. The number of methoxy groups -OCH3 is 1. The molecule has 0 aliphatic carbocycles. The normalized spacial score (nSPS) is 13.9. The summed E-state index contributed by atoms with van der Waals surface area (Å²) < 4.78 is 31.5. The zero-order chi connectivity index (χ0) is 19.0. The van der Waals surface area contributed by atoms with Crippen molar-refractivity contribution in [1.82, 2.24) is 10.0 Å². The lowest BCUT2D eigenvalue weighted by Crippen LogP contribution is -2.45. The first-order valence-corrected chi connectivity index (χ1v) is 9.33. The van der Waals surface area contributed by atoms with Gasteiger partial charge in [0.15, 0.2) is 0 Å². The zero-order valence-corrected chi connectivity index (χ0v) is 15.3. The molecule has 2 unspecified atom stereocenters. The van der Waals surface area contributed by atoms with E-state index in [2.05, 4.69) is 10.0 Å². The maximum Gasteiger partial charge on any atom is 0.326 e. The van der Waals surface area contributed by atoms with E-state index in [1.54, 1.807) is 6.92 Å².